The van der Waals surface area contributed by atoms with Crippen molar-refractivity contribution in [1.82, 2.24) is 4.98 Å². The molecule has 80 valence electrons. The van der Waals surface area contributed by atoms with Crippen LogP contribution < -0.4 is 4.72 Å². The minimum absolute atomic E-state index is 0.413. The van der Waals surface area contributed by atoms with E-state index in [1.807, 2.05) is 6.92 Å². The number of aromatic nitrogens is 1. The molecule has 1 N–H and O–H groups in total. The Labute approximate surface area is 88.8 Å². The van der Waals surface area contributed by atoms with Gasteiger partial charge in [0.1, 0.15) is 0 Å². The molecule has 15 heavy (non-hydrogen) atoms. The molecule has 0 aliphatic heterocycles. The molecule has 1 rings (SSSR count). The summed E-state index contributed by atoms with van der Waals surface area (Å²) in [5, 5.41) is 8.31. The molecule has 6 heteroatoms. The number of nitrogens with one attached hydrogen (secondary N) is 1. The zero-order valence-corrected chi connectivity index (χ0v) is 9.30. The zero-order valence-electron chi connectivity index (χ0n) is 8.48. The van der Waals surface area contributed by atoms with Gasteiger partial charge in [-0.3, -0.25) is 9.71 Å². The van der Waals surface area contributed by atoms with Gasteiger partial charge >= 0.3 is 0 Å². The number of nitriles is 1. The molecule has 0 saturated carbocycles. The van der Waals surface area contributed by atoms with Gasteiger partial charge in [0.25, 0.3) is 0 Å². The van der Waals surface area contributed by atoms with Gasteiger partial charge in [-0.15, -0.1) is 0 Å². The molecule has 0 saturated heterocycles. The van der Waals surface area contributed by atoms with Gasteiger partial charge in [-0.25, -0.2) is 8.42 Å². The Kier molecular flexibility index (Phi) is 3.27. The number of hydrogen-bond acceptors (Lipinski definition) is 4. The third-order valence-corrected chi connectivity index (χ3v) is 2.79. The number of rotatable bonds is 3. The Morgan fingerprint density at radius 2 is 2.13 bits per heavy atom. The monoisotopic (exact) mass is 225 g/mol. The van der Waals surface area contributed by atoms with Crippen molar-refractivity contribution in [2.45, 2.75) is 13.8 Å². The van der Waals surface area contributed by atoms with E-state index in [1.54, 1.807) is 25.1 Å². The van der Waals surface area contributed by atoms with Crippen LogP contribution in [0.15, 0.2) is 12.1 Å². The van der Waals surface area contributed by atoms with Crippen molar-refractivity contribution in [2.75, 3.05) is 10.5 Å². The van der Waals surface area contributed by atoms with Crippen LogP contribution in [0, 0.1) is 25.2 Å². The summed E-state index contributed by atoms with van der Waals surface area (Å²) in [6.45, 7) is 3.53. The predicted octanol–water partition coefficient (Wildman–Crippen LogP) is 0.964. The lowest BCUT2D eigenvalue weighted by Gasteiger charge is -2.07. The normalized spacial score (nSPS) is 10.7. The van der Waals surface area contributed by atoms with Crippen molar-refractivity contribution >= 4 is 15.7 Å². The molecule has 0 fully saturated rings. The fourth-order valence-corrected chi connectivity index (χ4v) is 1.88. The van der Waals surface area contributed by atoms with Gasteiger partial charge in [-0.1, -0.05) is 0 Å². The van der Waals surface area contributed by atoms with Gasteiger partial charge in [-0.2, -0.15) is 5.26 Å². The lowest BCUT2D eigenvalue weighted by molar-refractivity contribution is 0.604. The summed E-state index contributed by atoms with van der Waals surface area (Å²) < 4.78 is 24.9. The summed E-state index contributed by atoms with van der Waals surface area (Å²) in [7, 11) is -3.57. The Balaban J connectivity index is 2.96. The van der Waals surface area contributed by atoms with Crippen LogP contribution in [0.1, 0.15) is 11.4 Å². The maximum atomic E-state index is 11.3. The summed E-state index contributed by atoms with van der Waals surface area (Å²) in [5.41, 5.74) is 1.82. The van der Waals surface area contributed by atoms with Gasteiger partial charge in [0.15, 0.2) is 5.75 Å². The van der Waals surface area contributed by atoms with Crippen LogP contribution in [0.5, 0.6) is 0 Å². The molecule has 0 amide bonds. The maximum Gasteiger partial charge on any atom is 0.246 e. The third kappa shape index (κ3) is 3.22. The summed E-state index contributed by atoms with van der Waals surface area (Å²) in [4.78, 5) is 4.11. The van der Waals surface area contributed by atoms with Crippen molar-refractivity contribution in [3.05, 3.63) is 23.5 Å². The van der Waals surface area contributed by atoms with Crippen LogP contribution >= 0.6 is 0 Å². The molecule has 0 spiro atoms. The van der Waals surface area contributed by atoms with E-state index >= 15 is 0 Å². The van der Waals surface area contributed by atoms with Crippen molar-refractivity contribution in [1.29, 1.82) is 5.26 Å². The maximum absolute atomic E-state index is 11.3. The highest BCUT2D eigenvalue weighted by Gasteiger charge is 2.11. The number of anilines is 1. The van der Waals surface area contributed by atoms with Crippen LogP contribution in [-0.4, -0.2) is 19.2 Å². The lowest BCUT2D eigenvalue weighted by atomic mass is 10.3. The molecule has 0 aliphatic carbocycles. The Morgan fingerprint density at radius 1 is 1.47 bits per heavy atom. The van der Waals surface area contributed by atoms with Crippen molar-refractivity contribution in [2.24, 2.45) is 0 Å². The fourth-order valence-electron chi connectivity index (χ4n) is 1.08. The number of sulfonamides is 1. The molecule has 1 aromatic heterocycles. The van der Waals surface area contributed by atoms with Crippen molar-refractivity contribution in [3.8, 4) is 6.07 Å². The van der Waals surface area contributed by atoms with Crippen LogP contribution in [0.4, 0.5) is 5.69 Å². The first kappa shape index (κ1) is 11.5. The zero-order chi connectivity index (χ0) is 11.5. The first-order valence-corrected chi connectivity index (χ1v) is 5.91. The summed E-state index contributed by atoms with van der Waals surface area (Å²) in [6.07, 6.45) is 0. The number of nitrogens with zero attached hydrogens (tertiary/aromatic N) is 2. The van der Waals surface area contributed by atoms with E-state index in [0.717, 1.165) is 5.69 Å². The molecule has 0 atom stereocenters. The fraction of sp³-hybridized carbons (Fsp3) is 0.333. The van der Waals surface area contributed by atoms with E-state index in [-0.39, 0.29) is 0 Å². The van der Waals surface area contributed by atoms with Crippen molar-refractivity contribution in [3.63, 3.8) is 0 Å². The summed E-state index contributed by atoms with van der Waals surface area (Å²) in [5.74, 6) is -0.555. The van der Waals surface area contributed by atoms with E-state index in [4.69, 9.17) is 5.26 Å². The number of hydrogen-bond donors (Lipinski definition) is 1. The molecule has 0 radical (unpaired) electrons. The van der Waals surface area contributed by atoms with Crippen molar-refractivity contribution < 1.29 is 8.42 Å². The molecule has 0 bridgehead atoms. The van der Waals surface area contributed by atoms with Gasteiger partial charge in [-0.05, 0) is 26.0 Å². The number of pyridine rings is 1. The first-order valence-electron chi connectivity index (χ1n) is 4.26. The summed E-state index contributed by atoms with van der Waals surface area (Å²) >= 11 is 0. The van der Waals surface area contributed by atoms with Crippen LogP contribution in [0.3, 0.4) is 0 Å². The quantitative estimate of drug-likeness (QED) is 0.830. The van der Waals surface area contributed by atoms with E-state index in [9.17, 15) is 8.42 Å². The highest BCUT2D eigenvalue weighted by atomic mass is 32.2. The van der Waals surface area contributed by atoms with Crippen LogP contribution in [-0.2, 0) is 10.0 Å². The molecule has 0 unspecified atom stereocenters. The Bertz CT molecular complexity index is 503. The topological polar surface area (TPSA) is 82.9 Å². The SMILES string of the molecule is Cc1ccc(NS(=O)(=O)CC#N)c(C)n1. The largest absolute Gasteiger partial charge is 0.281 e. The molecular formula is C9H11N3O2S. The lowest BCUT2D eigenvalue weighted by Crippen LogP contribution is -2.16. The Hall–Kier alpha value is -1.61. The number of aryl methyl sites for hydroxylation is 2. The Morgan fingerprint density at radius 3 is 2.67 bits per heavy atom. The van der Waals surface area contributed by atoms with E-state index in [0.29, 0.717) is 11.4 Å². The molecular weight excluding hydrogens is 214 g/mol. The molecule has 1 heterocycles. The predicted molar refractivity (Wildman–Crippen MR) is 56.7 cm³/mol. The second-order valence-electron chi connectivity index (χ2n) is 3.10. The van der Waals surface area contributed by atoms with Gasteiger partial charge in [0.05, 0.1) is 17.5 Å². The third-order valence-electron chi connectivity index (χ3n) is 1.75. The molecule has 1 aromatic rings. The highest BCUT2D eigenvalue weighted by Crippen LogP contribution is 2.14. The molecule has 0 aromatic carbocycles. The standard InChI is InChI=1S/C9H11N3O2S/c1-7-3-4-9(8(2)11-7)12-15(13,14)6-5-10/h3-4,12H,6H2,1-2H3. The highest BCUT2D eigenvalue weighted by molar-refractivity contribution is 7.92. The smallest absolute Gasteiger partial charge is 0.246 e. The summed E-state index contributed by atoms with van der Waals surface area (Å²) in [6, 6.07) is 4.93. The van der Waals surface area contributed by atoms with E-state index in [1.165, 1.54) is 0 Å². The van der Waals surface area contributed by atoms with Gasteiger partial charge < -0.3 is 0 Å². The minimum atomic E-state index is -3.57. The van der Waals surface area contributed by atoms with Gasteiger partial charge in [0.2, 0.25) is 10.0 Å². The average Bonchev–Trinajstić information content (AvgIpc) is 2.09. The first-order chi connectivity index (χ1) is 6.94. The minimum Gasteiger partial charge on any atom is -0.281 e. The second kappa shape index (κ2) is 4.28. The van der Waals surface area contributed by atoms with E-state index < -0.39 is 15.8 Å². The second-order valence-corrected chi connectivity index (χ2v) is 4.83. The average molecular weight is 225 g/mol. The molecule has 5 nitrogen and oxygen atoms in total. The van der Waals surface area contributed by atoms with Gasteiger partial charge in [0, 0.05) is 5.69 Å². The molecule has 0 aliphatic rings. The van der Waals surface area contributed by atoms with Crippen LogP contribution in [0.25, 0.3) is 0 Å². The van der Waals surface area contributed by atoms with Crippen LogP contribution in [0.2, 0.25) is 0 Å². The van der Waals surface area contributed by atoms with E-state index in [2.05, 4.69) is 9.71 Å².